The largest absolute Gasteiger partial charge is 0.312 e. The van der Waals surface area contributed by atoms with E-state index in [4.69, 9.17) is 10.7 Å². The van der Waals surface area contributed by atoms with E-state index in [1.807, 2.05) is 13.8 Å². The number of rotatable bonds is 1. The van der Waals surface area contributed by atoms with Gasteiger partial charge in [-0.25, -0.2) is 8.42 Å². The summed E-state index contributed by atoms with van der Waals surface area (Å²) in [7, 11) is 1.63. The summed E-state index contributed by atoms with van der Waals surface area (Å²) in [5.74, 6) is -0.0433. The zero-order chi connectivity index (χ0) is 14.4. The molecule has 0 unspecified atom stereocenters. The van der Waals surface area contributed by atoms with E-state index in [1.54, 1.807) is 17.0 Å². The molecule has 4 nitrogen and oxygen atoms in total. The van der Waals surface area contributed by atoms with Gasteiger partial charge in [0.25, 0.3) is 9.05 Å². The summed E-state index contributed by atoms with van der Waals surface area (Å²) in [6.07, 6.45) is 0.783. The normalized spacial score (nSPS) is 18.0. The summed E-state index contributed by atoms with van der Waals surface area (Å²) >= 11 is 0. The maximum Gasteiger partial charge on any atom is 0.261 e. The molecule has 0 fully saturated rings. The van der Waals surface area contributed by atoms with Crippen molar-refractivity contribution >= 4 is 31.3 Å². The summed E-state index contributed by atoms with van der Waals surface area (Å²) < 4.78 is 22.9. The van der Waals surface area contributed by atoms with Crippen LogP contribution in [0.25, 0.3) is 0 Å². The minimum Gasteiger partial charge on any atom is -0.312 e. The van der Waals surface area contributed by atoms with Crippen LogP contribution in [0.1, 0.15) is 32.8 Å². The van der Waals surface area contributed by atoms with Crippen LogP contribution in [-0.2, 0) is 19.3 Å². The minimum absolute atomic E-state index is 0.0433. The Morgan fingerprint density at radius 1 is 1.37 bits per heavy atom. The SMILES string of the molecule is CC(=O)N1CCC(C)(C)c2cc(S(=O)(=O)Cl)ccc21. The van der Waals surface area contributed by atoms with E-state index in [1.165, 1.54) is 13.0 Å². The molecule has 0 bridgehead atoms. The van der Waals surface area contributed by atoms with Crippen molar-refractivity contribution in [2.45, 2.75) is 37.5 Å². The second kappa shape index (κ2) is 4.49. The molecule has 0 atom stereocenters. The molecular weight excluding hydrogens is 286 g/mol. The highest BCUT2D eigenvalue weighted by molar-refractivity contribution is 8.13. The fraction of sp³-hybridized carbons (Fsp3) is 0.462. The predicted octanol–water partition coefficient (Wildman–Crippen LogP) is 2.65. The van der Waals surface area contributed by atoms with E-state index in [0.717, 1.165) is 17.7 Å². The number of nitrogens with zero attached hydrogens (tertiary/aromatic N) is 1. The topological polar surface area (TPSA) is 54.5 Å². The lowest BCUT2D eigenvalue weighted by atomic mass is 9.77. The van der Waals surface area contributed by atoms with Gasteiger partial charge in [-0.2, -0.15) is 0 Å². The van der Waals surface area contributed by atoms with Crippen molar-refractivity contribution in [3.05, 3.63) is 23.8 Å². The first-order valence-corrected chi connectivity index (χ1v) is 8.31. The summed E-state index contributed by atoms with van der Waals surface area (Å²) in [4.78, 5) is 13.4. The third-order valence-corrected chi connectivity index (χ3v) is 4.96. The highest BCUT2D eigenvalue weighted by atomic mass is 35.7. The third kappa shape index (κ3) is 2.62. The Balaban J connectivity index is 2.65. The summed E-state index contributed by atoms with van der Waals surface area (Å²) in [5.41, 5.74) is 1.43. The molecule has 1 amide bonds. The van der Waals surface area contributed by atoms with Crippen LogP contribution in [0.5, 0.6) is 0 Å². The molecule has 1 aromatic rings. The number of anilines is 1. The lowest BCUT2D eigenvalue weighted by Crippen LogP contribution is -2.40. The van der Waals surface area contributed by atoms with E-state index < -0.39 is 9.05 Å². The molecule has 1 aliphatic heterocycles. The molecule has 0 aliphatic carbocycles. The Kier molecular flexibility index (Phi) is 3.39. The van der Waals surface area contributed by atoms with Crippen molar-refractivity contribution in [2.75, 3.05) is 11.4 Å². The minimum atomic E-state index is -3.76. The molecule has 0 spiro atoms. The maximum absolute atomic E-state index is 11.6. The van der Waals surface area contributed by atoms with E-state index in [-0.39, 0.29) is 16.2 Å². The van der Waals surface area contributed by atoms with Gasteiger partial charge in [-0.05, 0) is 35.6 Å². The van der Waals surface area contributed by atoms with Crippen molar-refractivity contribution in [1.29, 1.82) is 0 Å². The van der Waals surface area contributed by atoms with Crippen LogP contribution in [0.3, 0.4) is 0 Å². The maximum atomic E-state index is 11.6. The lowest BCUT2D eigenvalue weighted by Gasteiger charge is -2.38. The standard InChI is InChI=1S/C13H16ClNO3S/c1-9(16)15-7-6-13(2,3)11-8-10(19(14,17)18)4-5-12(11)15/h4-5,8H,6-7H2,1-3H3. The predicted molar refractivity (Wildman–Crippen MR) is 75.2 cm³/mol. The second-order valence-corrected chi connectivity index (χ2v) is 7.99. The number of carbonyl (C=O) groups excluding carboxylic acids is 1. The first kappa shape index (κ1) is 14.3. The molecule has 2 rings (SSSR count). The van der Waals surface area contributed by atoms with Gasteiger partial charge < -0.3 is 4.90 Å². The number of hydrogen-bond acceptors (Lipinski definition) is 3. The van der Waals surface area contributed by atoms with Crippen molar-refractivity contribution in [2.24, 2.45) is 0 Å². The van der Waals surface area contributed by atoms with Crippen molar-refractivity contribution in [3.8, 4) is 0 Å². The van der Waals surface area contributed by atoms with Crippen LogP contribution in [0.2, 0.25) is 0 Å². The molecule has 1 heterocycles. The molecule has 0 radical (unpaired) electrons. The summed E-state index contributed by atoms with van der Waals surface area (Å²) in [5, 5.41) is 0. The third-order valence-electron chi connectivity index (χ3n) is 3.61. The van der Waals surface area contributed by atoms with Gasteiger partial charge in [-0.15, -0.1) is 0 Å². The number of benzene rings is 1. The van der Waals surface area contributed by atoms with Gasteiger partial charge in [-0.1, -0.05) is 13.8 Å². The zero-order valence-electron chi connectivity index (χ0n) is 11.1. The first-order chi connectivity index (χ1) is 8.63. The van der Waals surface area contributed by atoms with Crippen molar-refractivity contribution < 1.29 is 13.2 Å². The Labute approximate surface area is 117 Å². The quantitative estimate of drug-likeness (QED) is 0.749. The highest BCUT2D eigenvalue weighted by Gasteiger charge is 2.33. The molecule has 19 heavy (non-hydrogen) atoms. The van der Waals surface area contributed by atoms with E-state index in [9.17, 15) is 13.2 Å². The lowest BCUT2D eigenvalue weighted by molar-refractivity contribution is -0.116. The first-order valence-electron chi connectivity index (χ1n) is 6.00. The molecule has 0 aromatic heterocycles. The van der Waals surface area contributed by atoms with Crippen LogP contribution in [-0.4, -0.2) is 20.9 Å². The van der Waals surface area contributed by atoms with Gasteiger partial charge in [0, 0.05) is 29.8 Å². The molecule has 0 N–H and O–H groups in total. The summed E-state index contributed by atoms with van der Waals surface area (Å²) in [6, 6.07) is 4.68. The van der Waals surface area contributed by atoms with Gasteiger partial charge in [-0.3, -0.25) is 4.79 Å². The van der Waals surface area contributed by atoms with Crippen LogP contribution >= 0.6 is 10.7 Å². The molecule has 0 saturated heterocycles. The zero-order valence-corrected chi connectivity index (χ0v) is 12.7. The summed E-state index contributed by atoms with van der Waals surface area (Å²) in [6.45, 7) is 6.22. The van der Waals surface area contributed by atoms with Gasteiger partial charge in [0.15, 0.2) is 0 Å². The Morgan fingerprint density at radius 3 is 2.53 bits per heavy atom. The van der Waals surface area contributed by atoms with Gasteiger partial charge in [0.1, 0.15) is 0 Å². The highest BCUT2D eigenvalue weighted by Crippen LogP contribution is 2.41. The van der Waals surface area contributed by atoms with Crippen LogP contribution in [0.4, 0.5) is 5.69 Å². The molecular formula is C13H16ClNO3S. The second-order valence-electron chi connectivity index (χ2n) is 5.42. The fourth-order valence-corrected chi connectivity index (χ4v) is 3.19. The fourth-order valence-electron chi connectivity index (χ4n) is 2.42. The van der Waals surface area contributed by atoms with Crippen LogP contribution < -0.4 is 4.90 Å². The monoisotopic (exact) mass is 301 g/mol. The Morgan fingerprint density at radius 2 is 2.00 bits per heavy atom. The van der Waals surface area contributed by atoms with Gasteiger partial charge in [0.2, 0.25) is 5.91 Å². The van der Waals surface area contributed by atoms with Crippen molar-refractivity contribution in [3.63, 3.8) is 0 Å². The Hall–Kier alpha value is -1.07. The number of hydrogen-bond donors (Lipinski definition) is 0. The van der Waals surface area contributed by atoms with Crippen LogP contribution in [0.15, 0.2) is 23.1 Å². The number of halogens is 1. The van der Waals surface area contributed by atoms with E-state index in [2.05, 4.69) is 0 Å². The molecule has 1 aromatic carbocycles. The van der Waals surface area contributed by atoms with Crippen LogP contribution in [0, 0.1) is 0 Å². The smallest absolute Gasteiger partial charge is 0.261 e. The average Bonchev–Trinajstić information content (AvgIpc) is 2.26. The van der Waals surface area contributed by atoms with E-state index in [0.29, 0.717) is 6.54 Å². The molecule has 6 heteroatoms. The number of amides is 1. The molecule has 1 aliphatic rings. The van der Waals surface area contributed by atoms with E-state index >= 15 is 0 Å². The molecule has 0 saturated carbocycles. The number of carbonyl (C=O) groups is 1. The van der Waals surface area contributed by atoms with Gasteiger partial charge in [0.05, 0.1) is 4.90 Å². The Bertz CT molecular complexity index is 637. The molecule has 104 valence electrons. The average molecular weight is 302 g/mol. The van der Waals surface area contributed by atoms with Crippen molar-refractivity contribution in [1.82, 2.24) is 0 Å². The number of fused-ring (bicyclic) bond motifs is 1. The van der Waals surface area contributed by atoms with Gasteiger partial charge >= 0.3 is 0 Å².